The average molecular weight is 412 g/mol. The van der Waals surface area contributed by atoms with E-state index in [0.717, 1.165) is 11.0 Å². The number of oxazole rings is 1. The zero-order valence-electron chi connectivity index (χ0n) is 16.7. The van der Waals surface area contributed by atoms with Gasteiger partial charge in [-0.15, -0.1) is 0 Å². The Balaban J connectivity index is 1.46. The number of β-amino-alcohol motifs (C(OH)–C–C–N with tert-alkyl or cyclic N) is 1. The molecule has 0 spiro atoms. The van der Waals surface area contributed by atoms with Crippen LogP contribution in [0.4, 0.5) is 0 Å². The van der Waals surface area contributed by atoms with Crippen LogP contribution in [0.25, 0.3) is 22.1 Å². The molecule has 0 aliphatic heterocycles. The van der Waals surface area contributed by atoms with Crippen molar-refractivity contribution in [3.05, 3.63) is 63.0 Å². The number of H-pyrrole nitrogens is 2. The van der Waals surface area contributed by atoms with E-state index in [1.807, 2.05) is 38.1 Å². The number of aromatic nitrogens is 3. The van der Waals surface area contributed by atoms with Crippen LogP contribution >= 0.6 is 0 Å². The number of phenols is 1. The molecule has 0 saturated carbocycles. The van der Waals surface area contributed by atoms with Gasteiger partial charge in [-0.1, -0.05) is 12.1 Å². The van der Waals surface area contributed by atoms with E-state index in [9.17, 15) is 19.8 Å². The molecule has 0 fully saturated rings. The van der Waals surface area contributed by atoms with Crippen molar-refractivity contribution in [2.45, 2.75) is 38.5 Å². The molecule has 2 aromatic heterocycles. The number of aryl methyl sites for hydroxylation is 1. The van der Waals surface area contributed by atoms with Gasteiger partial charge in [-0.25, -0.2) is 9.59 Å². The number of aromatic hydroxyl groups is 1. The number of hydrogen-bond donors (Lipinski definition) is 5. The molecule has 2 heterocycles. The summed E-state index contributed by atoms with van der Waals surface area (Å²) in [6, 6.07) is 10.3. The maximum absolute atomic E-state index is 12.2. The third kappa shape index (κ3) is 3.89. The van der Waals surface area contributed by atoms with Gasteiger partial charge in [0.15, 0.2) is 5.58 Å². The van der Waals surface area contributed by atoms with E-state index in [1.54, 1.807) is 4.57 Å². The highest BCUT2D eigenvalue weighted by molar-refractivity contribution is 5.78. The number of rotatable bonds is 7. The molecule has 0 aliphatic carbocycles. The molecule has 2 aromatic carbocycles. The number of nitrogens with one attached hydrogen (secondary N) is 3. The average Bonchev–Trinajstić information content (AvgIpc) is 3.22. The second-order valence-corrected chi connectivity index (χ2v) is 8.06. The molecule has 0 saturated heterocycles. The highest BCUT2D eigenvalue weighted by Crippen LogP contribution is 2.27. The van der Waals surface area contributed by atoms with Gasteiger partial charge in [-0.2, -0.15) is 0 Å². The Morgan fingerprint density at radius 1 is 1.17 bits per heavy atom. The van der Waals surface area contributed by atoms with Crippen molar-refractivity contribution in [3.63, 3.8) is 0 Å². The molecule has 0 aliphatic rings. The lowest BCUT2D eigenvalue weighted by molar-refractivity contribution is 0.158. The Kier molecular flexibility index (Phi) is 5.00. The van der Waals surface area contributed by atoms with Gasteiger partial charge in [0.25, 0.3) is 0 Å². The van der Waals surface area contributed by atoms with Crippen molar-refractivity contribution in [2.24, 2.45) is 0 Å². The Labute approximate surface area is 171 Å². The fraction of sp³-hybridized carbons (Fsp3) is 0.333. The molecule has 0 amide bonds. The summed E-state index contributed by atoms with van der Waals surface area (Å²) in [7, 11) is 0. The Morgan fingerprint density at radius 2 is 1.93 bits per heavy atom. The molecule has 4 rings (SSSR count). The van der Waals surface area contributed by atoms with E-state index >= 15 is 0 Å². The maximum atomic E-state index is 12.2. The minimum absolute atomic E-state index is 0.0772. The smallest absolute Gasteiger partial charge is 0.417 e. The molecule has 0 radical (unpaired) electrons. The normalized spacial score (nSPS) is 13.3. The molecule has 0 bridgehead atoms. The van der Waals surface area contributed by atoms with Crippen LogP contribution in [0, 0.1) is 0 Å². The second-order valence-electron chi connectivity index (χ2n) is 8.06. The number of fused-ring (bicyclic) bond motifs is 2. The lowest BCUT2D eigenvalue weighted by Gasteiger charge is -2.28. The van der Waals surface area contributed by atoms with Crippen LogP contribution in [0.3, 0.4) is 0 Å². The minimum Gasteiger partial charge on any atom is -0.508 e. The van der Waals surface area contributed by atoms with Crippen LogP contribution < -0.4 is 16.8 Å². The Morgan fingerprint density at radius 3 is 2.73 bits per heavy atom. The zero-order valence-corrected chi connectivity index (χ0v) is 16.7. The van der Waals surface area contributed by atoms with E-state index < -0.39 is 17.4 Å². The van der Waals surface area contributed by atoms with Crippen molar-refractivity contribution >= 4 is 22.1 Å². The summed E-state index contributed by atoms with van der Waals surface area (Å²) in [6.45, 7) is 4.63. The van der Waals surface area contributed by atoms with Crippen LogP contribution in [0.5, 0.6) is 5.75 Å². The van der Waals surface area contributed by atoms with Crippen LogP contribution in [0.1, 0.15) is 31.9 Å². The van der Waals surface area contributed by atoms with Gasteiger partial charge in [-0.05, 0) is 38.5 Å². The first kappa shape index (κ1) is 20.0. The summed E-state index contributed by atoms with van der Waals surface area (Å²) in [6.07, 6.45) is -0.371. The van der Waals surface area contributed by atoms with Crippen molar-refractivity contribution in [1.82, 2.24) is 19.9 Å². The van der Waals surface area contributed by atoms with Crippen LogP contribution in [-0.4, -0.2) is 36.8 Å². The van der Waals surface area contributed by atoms with Gasteiger partial charge in [0.1, 0.15) is 5.75 Å². The predicted octanol–water partition coefficient (Wildman–Crippen LogP) is 1.96. The SMILES string of the molecule is CC(C)(CCn1c(=O)[nH]c2ccccc21)NCC(O)c1cc(O)cc2[nH]c(=O)oc12. The third-order valence-corrected chi connectivity index (χ3v) is 5.31. The third-order valence-electron chi connectivity index (χ3n) is 5.31. The summed E-state index contributed by atoms with van der Waals surface area (Å²) < 4.78 is 6.80. The van der Waals surface area contributed by atoms with Gasteiger partial charge in [0.2, 0.25) is 0 Å². The van der Waals surface area contributed by atoms with Gasteiger partial charge >= 0.3 is 11.4 Å². The van der Waals surface area contributed by atoms with E-state index in [4.69, 9.17) is 4.42 Å². The quantitative estimate of drug-likeness (QED) is 0.315. The van der Waals surface area contributed by atoms with E-state index in [-0.39, 0.29) is 23.6 Å². The van der Waals surface area contributed by atoms with Gasteiger partial charge in [0.05, 0.1) is 22.7 Å². The summed E-state index contributed by atoms with van der Waals surface area (Å²) in [5, 5.41) is 23.8. The summed E-state index contributed by atoms with van der Waals surface area (Å²) in [5.41, 5.74) is 1.96. The van der Waals surface area contributed by atoms with E-state index in [2.05, 4.69) is 15.3 Å². The first-order valence-electron chi connectivity index (χ1n) is 9.70. The number of imidazole rings is 1. The van der Waals surface area contributed by atoms with Gasteiger partial charge in [0, 0.05) is 30.3 Å². The molecule has 30 heavy (non-hydrogen) atoms. The number of aliphatic hydroxyl groups excluding tert-OH is 1. The Bertz CT molecular complexity index is 1310. The first-order chi connectivity index (χ1) is 14.2. The summed E-state index contributed by atoms with van der Waals surface area (Å²) in [5.74, 6) is -0.729. The van der Waals surface area contributed by atoms with Crippen LogP contribution in [0.15, 0.2) is 50.4 Å². The number of aliphatic hydroxyl groups is 1. The maximum Gasteiger partial charge on any atom is 0.417 e. The number of aromatic amines is 2. The molecular formula is C21H24N4O5. The van der Waals surface area contributed by atoms with Crippen LogP contribution in [0.2, 0.25) is 0 Å². The lowest BCUT2D eigenvalue weighted by Crippen LogP contribution is -2.42. The number of para-hydroxylation sites is 2. The van der Waals surface area contributed by atoms with E-state index in [0.29, 0.717) is 24.0 Å². The zero-order chi connectivity index (χ0) is 21.5. The standard InChI is InChI=1S/C21H24N4O5/c1-21(2,7-8-25-16-6-4-3-5-14(16)23-19(25)28)22-11-17(27)13-9-12(26)10-15-18(13)30-20(29)24-15/h3-6,9-10,17,22,26-27H,7-8,11H2,1-2H3,(H,23,28)(H,24,29). The fourth-order valence-corrected chi connectivity index (χ4v) is 3.61. The monoisotopic (exact) mass is 412 g/mol. The number of hydrogen-bond acceptors (Lipinski definition) is 6. The second kappa shape index (κ2) is 7.51. The summed E-state index contributed by atoms with van der Waals surface area (Å²) in [4.78, 5) is 29.0. The predicted molar refractivity (Wildman–Crippen MR) is 113 cm³/mol. The molecule has 9 nitrogen and oxygen atoms in total. The molecule has 9 heteroatoms. The molecule has 4 aromatic rings. The van der Waals surface area contributed by atoms with Crippen LogP contribution in [-0.2, 0) is 6.54 Å². The molecule has 1 atom stereocenters. The van der Waals surface area contributed by atoms with Crippen molar-refractivity contribution in [2.75, 3.05) is 6.54 Å². The fourth-order valence-electron chi connectivity index (χ4n) is 3.61. The number of benzene rings is 2. The highest BCUT2D eigenvalue weighted by atomic mass is 16.4. The molecule has 1 unspecified atom stereocenters. The lowest BCUT2D eigenvalue weighted by atomic mass is 9.99. The number of phenolic OH excluding ortho intramolecular Hbond substituents is 1. The Hall–Kier alpha value is -3.30. The first-order valence-corrected chi connectivity index (χ1v) is 9.70. The largest absolute Gasteiger partial charge is 0.508 e. The topological polar surface area (TPSA) is 136 Å². The van der Waals surface area contributed by atoms with Crippen molar-refractivity contribution in [3.8, 4) is 5.75 Å². The van der Waals surface area contributed by atoms with Gasteiger partial charge in [-0.3, -0.25) is 9.55 Å². The minimum atomic E-state index is -1.01. The van der Waals surface area contributed by atoms with Gasteiger partial charge < -0.3 is 24.9 Å². The summed E-state index contributed by atoms with van der Waals surface area (Å²) >= 11 is 0. The van der Waals surface area contributed by atoms with E-state index in [1.165, 1.54) is 12.1 Å². The number of nitrogens with zero attached hydrogens (tertiary/aromatic N) is 1. The molecular weight excluding hydrogens is 388 g/mol. The van der Waals surface area contributed by atoms with Crippen molar-refractivity contribution < 1.29 is 14.6 Å². The van der Waals surface area contributed by atoms with Crippen molar-refractivity contribution in [1.29, 1.82) is 0 Å². The molecule has 5 N–H and O–H groups in total. The molecule has 158 valence electrons. The highest BCUT2D eigenvalue weighted by Gasteiger charge is 2.22.